The molecule has 1 nitrogen and oxygen atoms in total. The number of fused-ring (bicyclic) bond motifs is 1. The molecule has 1 heterocycles. The molecule has 1 aromatic carbocycles. The zero-order valence-corrected chi connectivity index (χ0v) is 10.3. The number of anilines is 1. The van der Waals surface area contributed by atoms with Crippen LogP contribution in [0.1, 0.15) is 12.5 Å². The molecule has 0 spiro atoms. The van der Waals surface area contributed by atoms with Gasteiger partial charge in [0.15, 0.2) is 0 Å². The minimum Gasteiger partial charge on any atom is -0.390 e. The van der Waals surface area contributed by atoms with E-state index in [0.717, 1.165) is 11.4 Å². The van der Waals surface area contributed by atoms with E-state index in [1.54, 1.807) is 11.3 Å². The number of thiophene rings is 1. The van der Waals surface area contributed by atoms with E-state index in [0.29, 0.717) is 0 Å². The summed E-state index contributed by atoms with van der Waals surface area (Å²) >= 11 is 4.06. The van der Waals surface area contributed by atoms with Gasteiger partial charge in [0.05, 0.1) is 5.00 Å². The molecule has 3 heteroatoms. The first-order valence-corrected chi connectivity index (χ1v) is 6.09. The van der Waals surface area contributed by atoms with Crippen LogP contribution in [-0.4, -0.2) is 0 Å². The average Bonchev–Trinajstić information content (AvgIpc) is 2.42. The van der Waals surface area contributed by atoms with E-state index in [1.165, 1.54) is 19.2 Å². The Morgan fingerprint density at radius 1 is 1.46 bits per heavy atom. The predicted molar refractivity (Wildman–Crippen MR) is 68.3 cm³/mol. The maximum Gasteiger partial charge on any atom is 0.0901 e. The number of benzene rings is 1. The van der Waals surface area contributed by atoms with E-state index in [1.807, 2.05) is 0 Å². The van der Waals surface area contributed by atoms with Crippen LogP contribution < -0.4 is 5.73 Å². The van der Waals surface area contributed by atoms with Crippen LogP contribution in [0.3, 0.4) is 0 Å². The second-order valence-electron chi connectivity index (χ2n) is 2.91. The number of hydrogen-bond donors (Lipinski definition) is 1. The summed E-state index contributed by atoms with van der Waals surface area (Å²) < 4.78 is 2.61. The van der Waals surface area contributed by atoms with Crippen molar-refractivity contribution in [2.24, 2.45) is 0 Å². The molecule has 0 aliphatic rings. The topological polar surface area (TPSA) is 26.0 Å². The van der Waals surface area contributed by atoms with Gasteiger partial charge in [-0.3, -0.25) is 0 Å². The van der Waals surface area contributed by atoms with Crippen molar-refractivity contribution in [2.45, 2.75) is 13.3 Å². The third kappa shape index (κ3) is 1.44. The van der Waals surface area contributed by atoms with Crippen molar-refractivity contribution < 1.29 is 0 Å². The van der Waals surface area contributed by atoms with Crippen molar-refractivity contribution in [1.29, 1.82) is 0 Å². The van der Waals surface area contributed by atoms with Gasteiger partial charge in [0.25, 0.3) is 0 Å². The van der Waals surface area contributed by atoms with Crippen LogP contribution in [0.15, 0.2) is 18.2 Å². The van der Waals surface area contributed by atoms with E-state index in [4.69, 9.17) is 5.73 Å². The second-order valence-corrected chi connectivity index (χ2v) is 5.16. The molecular weight excluding hydrogens is 293 g/mol. The zero-order valence-electron chi connectivity index (χ0n) is 7.30. The molecule has 0 radical (unpaired) electrons. The number of nitrogens with two attached hydrogens (primary N) is 1. The Kier molecular flexibility index (Phi) is 2.47. The molecule has 0 unspecified atom stereocenters. The first-order valence-electron chi connectivity index (χ1n) is 4.19. The second kappa shape index (κ2) is 3.46. The van der Waals surface area contributed by atoms with Crippen LogP contribution in [0.25, 0.3) is 10.1 Å². The SMILES string of the molecule is CCc1c(N)sc2cccc(I)c12. The van der Waals surface area contributed by atoms with E-state index in [2.05, 4.69) is 47.7 Å². The third-order valence-corrected chi connectivity index (χ3v) is 4.07. The van der Waals surface area contributed by atoms with E-state index in [9.17, 15) is 0 Å². The largest absolute Gasteiger partial charge is 0.390 e. The minimum atomic E-state index is 0.974. The molecule has 0 fully saturated rings. The molecule has 0 bridgehead atoms. The van der Waals surface area contributed by atoms with E-state index >= 15 is 0 Å². The average molecular weight is 303 g/mol. The summed E-state index contributed by atoms with van der Waals surface area (Å²) in [6, 6.07) is 6.35. The molecule has 1 aromatic heterocycles. The fraction of sp³-hybridized carbons (Fsp3) is 0.200. The smallest absolute Gasteiger partial charge is 0.0901 e. The monoisotopic (exact) mass is 303 g/mol. The lowest BCUT2D eigenvalue weighted by atomic mass is 10.1. The Labute approximate surface area is 95.1 Å². The normalized spacial score (nSPS) is 10.9. The Bertz CT molecular complexity index is 447. The van der Waals surface area contributed by atoms with Crippen molar-refractivity contribution in [2.75, 3.05) is 5.73 Å². The van der Waals surface area contributed by atoms with Gasteiger partial charge in [-0.2, -0.15) is 0 Å². The van der Waals surface area contributed by atoms with Gasteiger partial charge in [0, 0.05) is 13.7 Å². The molecule has 2 N–H and O–H groups in total. The Hall–Kier alpha value is -0.290. The van der Waals surface area contributed by atoms with Gasteiger partial charge in [0.1, 0.15) is 0 Å². The predicted octanol–water partition coefficient (Wildman–Crippen LogP) is 3.65. The summed E-state index contributed by atoms with van der Waals surface area (Å²) in [4.78, 5) is 0. The first kappa shape index (κ1) is 9.27. The quantitative estimate of drug-likeness (QED) is 0.800. The number of aryl methyl sites for hydroxylation is 1. The van der Waals surface area contributed by atoms with Crippen LogP contribution in [0.2, 0.25) is 0 Å². The Morgan fingerprint density at radius 2 is 2.23 bits per heavy atom. The summed E-state index contributed by atoms with van der Waals surface area (Å²) in [7, 11) is 0. The van der Waals surface area contributed by atoms with Gasteiger partial charge >= 0.3 is 0 Å². The molecule has 0 aliphatic heterocycles. The third-order valence-electron chi connectivity index (χ3n) is 2.15. The van der Waals surface area contributed by atoms with Crippen molar-refractivity contribution in [1.82, 2.24) is 0 Å². The van der Waals surface area contributed by atoms with Gasteiger partial charge in [-0.1, -0.05) is 13.0 Å². The molecular formula is C10H10INS. The summed E-state index contributed by atoms with van der Waals surface area (Å²) in [6.45, 7) is 2.15. The fourth-order valence-electron chi connectivity index (χ4n) is 1.54. The van der Waals surface area contributed by atoms with Gasteiger partial charge < -0.3 is 5.73 Å². The number of halogens is 1. The number of hydrogen-bond acceptors (Lipinski definition) is 2. The molecule has 0 amide bonds. The van der Waals surface area contributed by atoms with Crippen molar-refractivity contribution in [3.8, 4) is 0 Å². The fourth-order valence-corrected chi connectivity index (χ4v) is 3.63. The Balaban J connectivity index is 2.88. The van der Waals surface area contributed by atoms with Crippen LogP contribution in [0.5, 0.6) is 0 Å². The van der Waals surface area contributed by atoms with Crippen LogP contribution in [-0.2, 0) is 6.42 Å². The maximum absolute atomic E-state index is 5.95. The minimum absolute atomic E-state index is 0.974. The van der Waals surface area contributed by atoms with Crippen LogP contribution in [0.4, 0.5) is 5.00 Å². The van der Waals surface area contributed by atoms with E-state index < -0.39 is 0 Å². The maximum atomic E-state index is 5.95. The van der Waals surface area contributed by atoms with Crippen LogP contribution in [0, 0.1) is 3.57 Å². The Morgan fingerprint density at radius 3 is 2.92 bits per heavy atom. The van der Waals surface area contributed by atoms with Crippen molar-refractivity contribution in [3.63, 3.8) is 0 Å². The standard InChI is InChI=1S/C10H10INS/c1-2-6-9-7(11)4-3-5-8(9)13-10(6)12/h3-5H,2,12H2,1H3. The highest BCUT2D eigenvalue weighted by molar-refractivity contribution is 14.1. The first-order chi connectivity index (χ1) is 6.24. The molecule has 0 saturated carbocycles. The van der Waals surface area contributed by atoms with Gasteiger partial charge in [0.2, 0.25) is 0 Å². The zero-order chi connectivity index (χ0) is 9.42. The van der Waals surface area contributed by atoms with Gasteiger partial charge in [-0.05, 0) is 46.7 Å². The molecule has 0 aliphatic carbocycles. The summed E-state index contributed by atoms with van der Waals surface area (Å²) in [5.74, 6) is 0. The number of nitrogen functional groups attached to an aromatic ring is 1. The molecule has 2 aromatic rings. The summed E-state index contributed by atoms with van der Waals surface area (Å²) in [5.41, 5.74) is 7.26. The molecule has 68 valence electrons. The van der Waals surface area contributed by atoms with Crippen molar-refractivity contribution in [3.05, 3.63) is 27.3 Å². The molecule has 2 rings (SSSR count). The van der Waals surface area contributed by atoms with Gasteiger partial charge in [-0.15, -0.1) is 11.3 Å². The van der Waals surface area contributed by atoms with Gasteiger partial charge in [-0.25, -0.2) is 0 Å². The molecule has 0 saturated heterocycles. The highest BCUT2D eigenvalue weighted by Crippen LogP contribution is 2.36. The lowest BCUT2D eigenvalue weighted by Gasteiger charge is -1.97. The summed E-state index contributed by atoms with van der Waals surface area (Å²) in [6.07, 6.45) is 1.02. The molecule has 13 heavy (non-hydrogen) atoms. The van der Waals surface area contributed by atoms with E-state index in [-0.39, 0.29) is 0 Å². The lowest BCUT2D eigenvalue weighted by molar-refractivity contribution is 1.17. The molecule has 0 atom stereocenters. The number of rotatable bonds is 1. The van der Waals surface area contributed by atoms with Crippen LogP contribution >= 0.6 is 33.9 Å². The highest BCUT2D eigenvalue weighted by Gasteiger charge is 2.09. The lowest BCUT2D eigenvalue weighted by Crippen LogP contribution is -1.87. The summed E-state index contributed by atoms with van der Waals surface area (Å²) in [5, 5.41) is 2.33. The highest BCUT2D eigenvalue weighted by atomic mass is 127. The van der Waals surface area contributed by atoms with Crippen molar-refractivity contribution >= 4 is 49.0 Å².